The molecule has 0 bridgehead atoms. The van der Waals surface area contributed by atoms with Gasteiger partial charge in [0.05, 0.1) is 15.6 Å². The lowest BCUT2D eigenvalue weighted by Crippen LogP contribution is -2.48. The number of amides is 3. The molecule has 0 aliphatic heterocycles. The predicted octanol–water partition coefficient (Wildman–Crippen LogP) is 3.61. The number of nitrogens with zero attached hydrogens (tertiary/aromatic N) is 1. The van der Waals surface area contributed by atoms with E-state index in [-0.39, 0.29) is 33.6 Å². The summed E-state index contributed by atoms with van der Waals surface area (Å²) in [6.45, 7) is 0. The van der Waals surface area contributed by atoms with Crippen LogP contribution >= 0.6 is 47.0 Å². The zero-order chi connectivity index (χ0) is 23.8. The summed E-state index contributed by atoms with van der Waals surface area (Å²) in [6.07, 6.45) is -0.343. The van der Waals surface area contributed by atoms with Crippen LogP contribution < -0.4 is 21.5 Å². The van der Waals surface area contributed by atoms with Crippen LogP contribution in [0, 0.1) is 10.1 Å². The first kappa shape index (κ1) is 25.3. The second-order valence-corrected chi connectivity index (χ2v) is 7.71. The summed E-state index contributed by atoms with van der Waals surface area (Å²) >= 11 is 22.3. The zero-order valence-electron chi connectivity index (χ0n) is 15.9. The third-order valence-electron chi connectivity index (χ3n) is 3.73. The Morgan fingerprint density at radius 1 is 0.938 bits per heavy atom. The largest absolute Gasteiger partial charge is 0.325 e. The molecule has 3 amide bonds. The van der Waals surface area contributed by atoms with Gasteiger partial charge in [0, 0.05) is 29.5 Å². The highest BCUT2D eigenvalue weighted by atomic mass is 35.5. The zero-order valence-corrected chi connectivity index (χ0v) is 19.0. The van der Waals surface area contributed by atoms with E-state index in [2.05, 4.69) is 21.5 Å². The van der Waals surface area contributed by atoms with Gasteiger partial charge in [-0.1, -0.05) is 34.8 Å². The minimum atomic E-state index is -0.754. The van der Waals surface area contributed by atoms with Gasteiger partial charge in [0.15, 0.2) is 5.11 Å². The average molecular weight is 519 g/mol. The van der Waals surface area contributed by atoms with Crippen LogP contribution in [0.1, 0.15) is 23.2 Å². The number of anilines is 1. The Hall–Kier alpha value is -2.99. The molecular formula is C18H14Cl3N5O5S. The van der Waals surface area contributed by atoms with Gasteiger partial charge in [0.2, 0.25) is 11.8 Å². The molecule has 0 heterocycles. The van der Waals surface area contributed by atoms with Crippen molar-refractivity contribution >= 4 is 81.2 Å². The number of benzene rings is 2. The lowest BCUT2D eigenvalue weighted by molar-refractivity contribution is -0.384. The topological polar surface area (TPSA) is 142 Å². The van der Waals surface area contributed by atoms with Crippen molar-refractivity contribution in [2.24, 2.45) is 0 Å². The summed E-state index contributed by atoms with van der Waals surface area (Å²) in [6, 6.07) is 8.02. The molecule has 2 aromatic carbocycles. The molecule has 0 saturated carbocycles. The molecule has 14 heteroatoms. The number of rotatable bonds is 6. The van der Waals surface area contributed by atoms with E-state index in [9.17, 15) is 24.5 Å². The van der Waals surface area contributed by atoms with Crippen molar-refractivity contribution in [3.63, 3.8) is 0 Å². The Morgan fingerprint density at radius 2 is 1.62 bits per heavy atom. The summed E-state index contributed by atoms with van der Waals surface area (Å²) in [4.78, 5) is 46.1. The number of hydrogen-bond donors (Lipinski definition) is 4. The fourth-order valence-corrected chi connectivity index (χ4v) is 3.01. The monoisotopic (exact) mass is 517 g/mol. The molecule has 0 saturated heterocycles. The molecule has 2 rings (SSSR count). The van der Waals surface area contributed by atoms with Crippen LogP contribution in [-0.2, 0) is 9.59 Å². The Morgan fingerprint density at radius 3 is 2.28 bits per heavy atom. The fraction of sp³-hybridized carbons (Fsp3) is 0.111. The van der Waals surface area contributed by atoms with Crippen molar-refractivity contribution in [2.75, 3.05) is 5.32 Å². The van der Waals surface area contributed by atoms with E-state index in [0.717, 1.165) is 6.07 Å². The van der Waals surface area contributed by atoms with Gasteiger partial charge in [-0.15, -0.1) is 0 Å². The number of hydrogen-bond acceptors (Lipinski definition) is 6. The third-order valence-corrected chi connectivity index (χ3v) is 4.80. The molecule has 168 valence electrons. The standard InChI is InChI=1S/C18H14Cl3N5O5S/c19-10-2-4-13(12(21)8-10)22-15(27)5-6-16(28)24-25-18(32)23-17(29)9-1-3-11(20)14(7-9)26(30)31/h1-4,7-8H,5-6H2,(H,22,27)(H,24,28)(H2,23,25,29,32). The molecule has 10 nitrogen and oxygen atoms in total. The molecule has 0 fully saturated rings. The quantitative estimate of drug-likeness (QED) is 0.260. The van der Waals surface area contributed by atoms with Crippen LogP contribution in [-0.4, -0.2) is 27.8 Å². The molecule has 0 aliphatic carbocycles. The Kier molecular flexibility index (Phi) is 9.14. The van der Waals surface area contributed by atoms with Crippen LogP contribution in [0.3, 0.4) is 0 Å². The second-order valence-electron chi connectivity index (χ2n) is 6.05. The number of hydrazine groups is 1. The predicted molar refractivity (Wildman–Crippen MR) is 124 cm³/mol. The van der Waals surface area contributed by atoms with Gasteiger partial charge in [0.1, 0.15) is 5.02 Å². The second kappa shape index (κ2) is 11.6. The van der Waals surface area contributed by atoms with Crippen molar-refractivity contribution in [1.82, 2.24) is 16.2 Å². The van der Waals surface area contributed by atoms with E-state index < -0.39 is 28.3 Å². The summed E-state index contributed by atoms with van der Waals surface area (Å²) in [5.74, 6) is -1.79. The first-order valence-electron chi connectivity index (χ1n) is 8.66. The lowest BCUT2D eigenvalue weighted by atomic mass is 10.2. The van der Waals surface area contributed by atoms with E-state index in [0.29, 0.717) is 10.7 Å². The number of nitro benzene ring substituents is 1. The Bertz CT molecular complexity index is 1100. The number of carbonyl (C=O) groups is 3. The van der Waals surface area contributed by atoms with Crippen molar-refractivity contribution in [3.8, 4) is 0 Å². The molecule has 0 aromatic heterocycles. The van der Waals surface area contributed by atoms with E-state index in [1.807, 2.05) is 0 Å². The van der Waals surface area contributed by atoms with Crippen LogP contribution in [0.5, 0.6) is 0 Å². The highest BCUT2D eigenvalue weighted by Crippen LogP contribution is 2.26. The van der Waals surface area contributed by atoms with E-state index in [1.54, 1.807) is 6.07 Å². The number of nitro groups is 1. The van der Waals surface area contributed by atoms with E-state index in [1.165, 1.54) is 24.3 Å². The minimum absolute atomic E-state index is 0.0610. The van der Waals surface area contributed by atoms with E-state index >= 15 is 0 Å². The maximum absolute atomic E-state index is 12.1. The molecule has 0 radical (unpaired) electrons. The van der Waals surface area contributed by atoms with Crippen LogP contribution in [0.25, 0.3) is 0 Å². The van der Waals surface area contributed by atoms with Crippen molar-refractivity contribution in [1.29, 1.82) is 0 Å². The van der Waals surface area contributed by atoms with E-state index in [4.69, 9.17) is 47.0 Å². The first-order valence-corrected chi connectivity index (χ1v) is 10.2. The third kappa shape index (κ3) is 7.61. The molecule has 4 N–H and O–H groups in total. The van der Waals surface area contributed by atoms with Crippen LogP contribution in [0.2, 0.25) is 15.1 Å². The van der Waals surface area contributed by atoms with Crippen molar-refractivity contribution in [3.05, 3.63) is 67.1 Å². The van der Waals surface area contributed by atoms with Gasteiger partial charge < -0.3 is 5.32 Å². The summed E-state index contributed by atoms with van der Waals surface area (Å²) in [5, 5.41) is 16.0. The van der Waals surface area contributed by atoms with Crippen molar-refractivity contribution in [2.45, 2.75) is 12.8 Å². The maximum Gasteiger partial charge on any atom is 0.288 e. The summed E-state index contributed by atoms with van der Waals surface area (Å²) < 4.78 is 0. The van der Waals surface area contributed by atoms with Gasteiger partial charge in [-0.2, -0.15) is 0 Å². The first-order chi connectivity index (χ1) is 15.1. The highest BCUT2D eigenvalue weighted by molar-refractivity contribution is 7.80. The van der Waals surface area contributed by atoms with Crippen molar-refractivity contribution < 1.29 is 19.3 Å². The number of thiocarbonyl (C=S) groups is 1. The normalized spacial score (nSPS) is 10.1. The van der Waals surface area contributed by atoms with Crippen LogP contribution in [0.15, 0.2) is 36.4 Å². The fourth-order valence-electron chi connectivity index (χ4n) is 2.22. The van der Waals surface area contributed by atoms with Crippen LogP contribution in [0.4, 0.5) is 11.4 Å². The van der Waals surface area contributed by atoms with Gasteiger partial charge >= 0.3 is 0 Å². The Balaban J connectivity index is 1.77. The SMILES string of the molecule is O=C(CCC(=O)Nc1ccc(Cl)cc1Cl)NNC(=S)NC(=O)c1ccc(Cl)c([N+](=O)[O-])c1. The summed E-state index contributed by atoms with van der Waals surface area (Å²) in [7, 11) is 0. The molecule has 0 atom stereocenters. The minimum Gasteiger partial charge on any atom is -0.325 e. The number of halogens is 3. The summed E-state index contributed by atoms with van der Waals surface area (Å²) in [5.41, 5.74) is 4.36. The highest BCUT2D eigenvalue weighted by Gasteiger charge is 2.17. The lowest BCUT2D eigenvalue weighted by Gasteiger charge is -2.11. The maximum atomic E-state index is 12.1. The van der Waals surface area contributed by atoms with Gasteiger partial charge in [-0.05, 0) is 42.5 Å². The molecule has 0 aliphatic rings. The molecule has 32 heavy (non-hydrogen) atoms. The Labute approximate surface area is 201 Å². The van der Waals surface area contributed by atoms with Gasteiger partial charge in [0.25, 0.3) is 11.6 Å². The molecular weight excluding hydrogens is 505 g/mol. The van der Waals surface area contributed by atoms with Gasteiger partial charge in [-0.3, -0.25) is 40.7 Å². The number of nitrogens with one attached hydrogen (secondary N) is 4. The molecule has 2 aromatic rings. The average Bonchev–Trinajstić information content (AvgIpc) is 2.72. The van der Waals surface area contributed by atoms with Gasteiger partial charge in [-0.25, -0.2) is 0 Å². The number of carbonyl (C=O) groups excluding carboxylic acids is 3. The smallest absolute Gasteiger partial charge is 0.288 e. The molecule has 0 spiro atoms. The molecule has 0 unspecified atom stereocenters.